The molecule has 0 atom stereocenters. The van der Waals surface area contributed by atoms with Gasteiger partial charge in [0.1, 0.15) is 23.9 Å². The van der Waals surface area contributed by atoms with Crippen LogP contribution in [0.4, 0.5) is 4.39 Å². The molecule has 0 aliphatic carbocycles. The summed E-state index contributed by atoms with van der Waals surface area (Å²) in [5.74, 6) is 0.743. The molecule has 1 aromatic heterocycles. The molecule has 0 fully saturated rings. The summed E-state index contributed by atoms with van der Waals surface area (Å²) in [6.07, 6.45) is 4.43. The predicted octanol–water partition coefficient (Wildman–Crippen LogP) is 5.04. The van der Waals surface area contributed by atoms with Crippen LogP contribution in [-0.4, -0.2) is 13.1 Å². The Bertz CT molecular complexity index is 925. The number of benzene rings is 2. The lowest BCUT2D eigenvalue weighted by molar-refractivity contribution is 0.0564. The van der Waals surface area contributed by atoms with Crippen molar-refractivity contribution in [2.75, 3.05) is 7.11 Å². The van der Waals surface area contributed by atoms with Crippen molar-refractivity contribution >= 4 is 12.0 Å². The van der Waals surface area contributed by atoms with Crippen molar-refractivity contribution in [3.05, 3.63) is 95.2 Å². The van der Waals surface area contributed by atoms with Crippen molar-refractivity contribution in [2.24, 2.45) is 0 Å². The highest BCUT2D eigenvalue weighted by Crippen LogP contribution is 2.17. The van der Waals surface area contributed by atoms with Gasteiger partial charge in [-0.3, -0.25) is 0 Å². The van der Waals surface area contributed by atoms with E-state index in [2.05, 4.69) is 4.74 Å². The van der Waals surface area contributed by atoms with Crippen molar-refractivity contribution in [1.82, 2.24) is 0 Å². The first-order valence-corrected chi connectivity index (χ1v) is 8.45. The van der Waals surface area contributed by atoms with E-state index in [0.29, 0.717) is 18.8 Å². The molecule has 2 aromatic carbocycles. The standard InChI is InChI=1S/C22H19FO4/c1-25-22(24)21-13-12-19(27-21)6-2-4-16-5-3-7-20(14-16)26-15-17-8-10-18(23)11-9-17/h2-3,5-14H,4,15H2,1H3/b6-2+. The van der Waals surface area contributed by atoms with E-state index < -0.39 is 5.97 Å². The van der Waals surface area contributed by atoms with E-state index in [1.54, 1.807) is 30.3 Å². The molecule has 0 aliphatic rings. The highest BCUT2D eigenvalue weighted by Gasteiger charge is 2.09. The molecular formula is C22H19FO4. The van der Waals surface area contributed by atoms with Crippen LogP contribution < -0.4 is 4.74 Å². The topological polar surface area (TPSA) is 48.7 Å². The summed E-state index contributed by atoms with van der Waals surface area (Å²) >= 11 is 0. The van der Waals surface area contributed by atoms with Crippen molar-refractivity contribution in [2.45, 2.75) is 13.0 Å². The molecule has 0 N–H and O–H groups in total. The number of esters is 1. The Morgan fingerprint density at radius 3 is 2.67 bits per heavy atom. The number of hydrogen-bond donors (Lipinski definition) is 0. The Morgan fingerprint density at radius 2 is 1.89 bits per heavy atom. The number of furan rings is 1. The second-order valence-corrected chi connectivity index (χ2v) is 5.86. The van der Waals surface area contributed by atoms with Crippen LogP contribution in [0.15, 0.2) is 71.2 Å². The molecule has 27 heavy (non-hydrogen) atoms. The van der Waals surface area contributed by atoms with Gasteiger partial charge in [-0.05, 0) is 60.0 Å². The minimum absolute atomic E-state index is 0.174. The van der Waals surface area contributed by atoms with Crippen LogP contribution in [0.5, 0.6) is 5.75 Å². The quantitative estimate of drug-likeness (QED) is 0.550. The molecule has 0 saturated heterocycles. The van der Waals surface area contributed by atoms with Gasteiger partial charge in [0.05, 0.1) is 7.11 Å². The van der Waals surface area contributed by atoms with Crippen LogP contribution in [-0.2, 0) is 17.8 Å². The molecule has 0 saturated carbocycles. The molecule has 0 aliphatic heterocycles. The third-order valence-electron chi connectivity index (χ3n) is 3.87. The van der Waals surface area contributed by atoms with Gasteiger partial charge in [0, 0.05) is 0 Å². The average molecular weight is 366 g/mol. The monoisotopic (exact) mass is 366 g/mol. The molecule has 1 heterocycles. The summed E-state index contributed by atoms with van der Waals surface area (Å²) in [7, 11) is 1.31. The molecule has 0 amide bonds. The molecule has 138 valence electrons. The molecule has 0 bridgehead atoms. The van der Waals surface area contributed by atoms with Gasteiger partial charge in [0.2, 0.25) is 5.76 Å². The Hall–Kier alpha value is -3.34. The zero-order chi connectivity index (χ0) is 19.1. The number of ether oxygens (including phenoxy) is 2. The summed E-state index contributed by atoms with van der Waals surface area (Å²) in [5, 5.41) is 0. The van der Waals surface area contributed by atoms with Crippen molar-refractivity contribution < 1.29 is 23.1 Å². The maximum absolute atomic E-state index is 12.9. The fourth-order valence-corrected chi connectivity index (χ4v) is 2.47. The molecule has 3 aromatic rings. The minimum Gasteiger partial charge on any atom is -0.489 e. The zero-order valence-electron chi connectivity index (χ0n) is 14.9. The highest BCUT2D eigenvalue weighted by atomic mass is 19.1. The van der Waals surface area contributed by atoms with Gasteiger partial charge in [0.15, 0.2) is 0 Å². The van der Waals surface area contributed by atoms with Crippen LogP contribution in [0.2, 0.25) is 0 Å². The SMILES string of the molecule is COC(=O)c1ccc(/C=C/Cc2cccc(OCc3ccc(F)cc3)c2)o1. The number of halogens is 1. The first-order valence-electron chi connectivity index (χ1n) is 8.45. The van der Waals surface area contributed by atoms with E-state index >= 15 is 0 Å². The second-order valence-electron chi connectivity index (χ2n) is 5.86. The van der Waals surface area contributed by atoms with Gasteiger partial charge in [-0.15, -0.1) is 0 Å². The molecule has 0 unspecified atom stereocenters. The molecule has 0 spiro atoms. The number of rotatable bonds is 7. The number of carbonyl (C=O) groups is 1. The zero-order valence-corrected chi connectivity index (χ0v) is 14.9. The number of allylic oxidation sites excluding steroid dienone is 1. The van der Waals surface area contributed by atoms with Gasteiger partial charge < -0.3 is 13.9 Å². The highest BCUT2D eigenvalue weighted by molar-refractivity contribution is 5.86. The van der Waals surface area contributed by atoms with Crippen molar-refractivity contribution in [1.29, 1.82) is 0 Å². The Labute approximate surface area is 156 Å². The molecule has 3 rings (SSSR count). The number of hydrogen-bond acceptors (Lipinski definition) is 4. The lowest BCUT2D eigenvalue weighted by atomic mass is 10.1. The normalized spacial score (nSPS) is 10.9. The fraction of sp³-hybridized carbons (Fsp3) is 0.136. The van der Waals surface area contributed by atoms with Gasteiger partial charge in [0.25, 0.3) is 0 Å². The summed E-state index contributed by atoms with van der Waals surface area (Å²) in [6.45, 7) is 0.377. The Morgan fingerprint density at radius 1 is 1.07 bits per heavy atom. The molecular weight excluding hydrogens is 347 g/mol. The van der Waals surface area contributed by atoms with Gasteiger partial charge >= 0.3 is 5.97 Å². The van der Waals surface area contributed by atoms with Crippen LogP contribution in [0, 0.1) is 5.82 Å². The third-order valence-corrected chi connectivity index (χ3v) is 3.87. The number of methoxy groups -OCH3 is 1. The van der Waals surface area contributed by atoms with Gasteiger partial charge in [-0.1, -0.05) is 30.3 Å². The summed E-state index contributed by atoms with van der Waals surface area (Å²) in [4.78, 5) is 11.4. The van der Waals surface area contributed by atoms with Gasteiger partial charge in [-0.2, -0.15) is 0 Å². The molecule has 4 nitrogen and oxygen atoms in total. The van der Waals surface area contributed by atoms with E-state index in [0.717, 1.165) is 16.9 Å². The molecule has 0 radical (unpaired) electrons. The lowest BCUT2D eigenvalue weighted by Crippen LogP contribution is -1.98. The lowest BCUT2D eigenvalue weighted by Gasteiger charge is -2.07. The van der Waals surface area contributed by atoms with Crippen LogP contribution >= 0.6 is 0 Å². The van der Waals surface area contributed by atoms with Crippen molar-refractivity contribution in [3.8, 4) is 5.75 Å². The summed E-state index contributed by atoms with van der Waals surface area (Å²) in [6, 6.07) is 17.3. The first-order chi connectivity index (χ1) is 13.1. The maximum Gasteiger partial charge on any atom is 0.373 e. The van der Waals surface area contributed by atoms with Crippen LogP contribution in [0.1, 0.15) is 27.4 Å². The maximum atomic E-state index is 12.9. The third kappa shape index (κ3) is 5.31. The van der Waals surface area contributed by atoms with Crippen molar-refractivity contribution in [3.63, 3.8) is 0 Å². The Balaban J connectivity index is 1.56. The predicted molar refractivity (Wildman–Crippen MR) is 100.0 cm³/mol. The van der Waals surface area contributed by atoms with Crippen LogP contribution in [0.3, 0.4) is 0 Å². The molecule has 5 heteroatoms. The Kier molecular flexibility index (Phi) is 6.05. The van der Waals surface area contributed by atoms with E-state index in [9.17, 15) is 9.18 Å². The van der Waals surface area contributed by atoms with Gasteiger partial charge in [-0.25, -0.2) is 9.18 Å². The fourth-order valence-electron chi connectivity index (χ4n) is 2.47. The minimum atomic E-state index is -0.499. The number of carbonyl (C=O) groups excluding carboxylic acids is 1. The summed E-state index contributed by atoms with van der Waals surface area (Å²) in [5.41, 5.74) is 1.98. The average Bonchev–Trinajstić information content (AvgIpc) is 3.16. The van der Waals surface area contributed by atoms with Crippen LogP contribution in [0.25, 0.3) is 6.08 Å². The van der Waals surface area contributed by atoms with E-state index in [1.165, 1.54) is 19.2 Å². The largest absolute Gasteiger partial charge is 0.489 e. The smallest absolute Gasteiger partial charge is 0.373 e. The second kappa shape index (κ2) is 8.85. The van der Waals surface area contributed by atoms with E-state index in [-0.39, 0.29) is 11.6 Å². The first kappa shape index (κ1) is 18.5. The van der Waals surface area contributed by atoms with E-state index in [1.807, 2.05) is 30.3 Å². The van der Waals surface area contributed by atoms with E-state index in [4.69, 9.17) is 9.15 Å². The summed E-state index contributed by atoms with van der Waals surface area (Å²) < 4.78 is 28.7.